The maximum absolute atomic E-state index is 13.6. The summed E-state index contributed by atoms with van der Waals surface area (Å²) in [5, 5.41) is 9.95. The molecule has 3 heterocycles. The van der Waals surface area contributed by atoms with E-state index >= 15 is 0 Å². The Bertz CT molecular complexity index is 1280. The van der Waals surface area contributed by atoms with Crippen molar-refractivity contribution in [2.45, 2.75) is 18.2 Å². The van der Waals surface area contributed by atoms with E-state index in [4.69, 9.17) is 11.6 Å². The number of likely N-dealkylation sites (N-methyl/N-ethyl adjacent to an activating group) is 1. The van der Waals surface area contributed by atoms with Gasteiger partial charge in [-0.05, 0) is 44.2 Å². The molecule has 8 heteroatoms. The smallest absolute Gasteiger partial charge is 0.269 e. The lowest BCUT2D eigenvalue weighted by molar-refractivity contribution is 0.369. The molecule has 29 heavy (non-hydrogen) atoms. The van der Waals surface area contributed by atoms with Crippen LogP contribution in [-0.2, 0) is 10.0 Å². The van der Waals surface area contributed by atoms with Crippen molar-refractivity contribution in [3.63, 3.8) is 0 Å². The second-order valence-electron chi connectivity index (χ2n) is 7.19. The third kappa shape index (κ3) is 3.33. The van der Waals surface area contributed by atoms with Gasteiger partial charge in [0, 0.05) is 24.7 Å². The number of nitrogens with zero attached hydrogens (tertiary/aromatic N) is 4. The molecule has 0 spiro atoms. The standard InChI is InChI=1S/C21H19ClN4O2S/c1-14-3-5-17(6-4-14)29(27,28)26-19(15-7-9-25(2)10-8-15)11-18-20(22)16(12-23)13-24-21(18)26/h3-7,11,13H,8-10H2,1-2H3. The summed E-state index contributed by atoms with van der Waals surface area (Å²) in [5.74, 6) is 0. The molecule has 4 rings (SSSR count). The summed E-state index contributed by atoms with van der Waals surface area (Å²) in [6.45, 7) is 3.45. The zero-order valence-electron chi connectivity index (χ0n) is 16.1. The van der Waals surface area contributed by atoms with Gasteiger partial charge in [-0.1, -0.05) is 35.4 Å². The van der Waals surface area contributed by atoms with Crippen LogP contribution in [-0.4, -0.2) is 42.4 Å². The van der Waals surface area contributed by atoms with Gasteiger partial charge in [0.2, 0.25) is 0 Å². The fraction of sp³-hybridized carbons (Fsp3) is 0.238. The molecule has 1 aliphatic rings. The van der Waals surface area contributed by atoms with Crippen molar-refractivity contribution in [3.05, 3.63) is 64.4 Å². The Balaban J connectivity index is 2.03. The van der Waals surface area contributed by atoms with Crippen molar-refractivity contribution < 1.29 is 8.42 Å². The third-order valence-electron chi connectivity index (χ3n) is 5.14. The fourth-order valence-electron chi connectivity index (χ4n) is 3.46. The van der Waals surface area contributed by atoms with Crippen molar-refractivity contribution in [2.75, 3.05) is 20.1 Å². The van der Waals surface area contributed by atoms with Crippen molar-refractivity contribution in [1.29, 1.82) is 5.26 Å². The molecule has 0 aliphatic carbocycles. The first kappa shape index (κ1) is 19.6. The second kappa shape index (κ2) is 7.30. The SMILES string of the molecule is Cc1ccc(S(=O)(=O)n2c(C3=CCN(C)CC3)cc3c(Cl)c(C#N)cnc32)cc1. The number of hydrogen-bond donors (Lipinski definition) is 0. The summed E-state index contributed by atoms with van der Waals surface area (Å²) in [5.41, 5.74) is 2.88. The van der Waals surface area contributed by atoms with Gasteiger partial charge >= 0.3 is 0 Å². The first-order valence-electron chi connectivity index (χ1n) is 9.13. The van der Waals surface area contributed by atoms with E-state index in [-0.39, 0.29) is 21.1 Å². The molecular weight excluding hydrogens is 408 g/mol. The Hall–Kier alpha value is -2.66. The zero-order chi connectivity index (χ0) is 20.8. The lowest BCUT2D eigenvalue weighted by Crippen LogP contribution is -2.25. The summed E-state index contributed by atoms with van der Waals surface area (Å²) in [7, 11) is -1.89. The average molecular weight is 427 g/mol. The van der Waals surface area contributed by atoms with E-state index in [1.807, 2.05) is 26.1 Å². The van der Waals surface area contributed by atoms with Gasteiger partial charge < -0.3 is 4.90 Å². The minimum absolute atomic E-state index is 0.178. The molecular formula is C21H19ClN4O2S. The van der Waals surface area contributed by atoms with Crippen LogP contribution in [0.2, 0.25) is 5.02 Å². The summed E-state index contributed by atoms with van der Waals surface area (Å²) in [4.78, 5) is 6.63. The monoisotopic (exact) mass is 426 g/mol. The van der Waals surface area contributed by atoms with E-state index < -0.39 is 10.0 Å². The van der Waals surface area contributed by atoms with Crippen LogP contribution in [0, 0.1) is 18.3 Å². The number of nitriles is 1. The number of pyridine rings is 1. The largest absolute Gasteiger partial charge is 0.302 e. The lowest BCUT2D eigenvalue weighted by atomic mass is 10.1. The van der Waals surface area contributed by atoms with Gasteiger partial charge in [0.25, 0.3) is 10.0 Å². The number of aryl methyl sites for hydroxylation is 1. The van der Waals surface area contributed by atoms with Gasteiger partial charge in [-0.3, -0.25) is 0 Å². The molecule has 1 aliphatic heterocycles. The molecule has 0 N–H and O–H groups in total. The van der Waals surface area contributed by atoms with E-state index in [1.165, 1.54) is 10.2 Å². The number of halogens is 1. The molecule has 1 aromatic carbocycles. The maximum Gasteiger partial charge on any atom is 0.269 e. The van der Waals surface area contributed by atoms with Crippen LogP contribution in [0.3, 0.4) is 0 Å². The predicted molar refractivity (Wildman–Crippen MR) is 113 cm³/mol. The topological polar surface area (TPSA) is 79.0 Å². The molecule has 0 amide bonds. The Morgan fingerprint density at radius 2 is 1.97 bits per heavy atom. The average Bonchev–Trinajstić information content (AvgIpc) is 3.10. The van der Waals surface area contributed by atoms with Gasteiger partial charge in [0.05, 0.1) is 21.2 Å². The second-order valence-corrected chi connectivity index (χ2v) is 9.35. The van der Waals surface area contributed by atoms with Gasteiger partial charge in [-0.25, -0.2) is 17.4 Å². The van der Waals surface area contributed by atoms with E-state index in [1.54, 1.807) is 30.3 Å². The highest BCUT2D eigenvalue weighted by Crippen LogP contribution is 2.35. The number of benzene rings is 1. The molecule has 0 atom stereocenters. The van der Waals surface area contributed by atoms with E-state index in [9.17, 15) is 13.7 Å². The van der Waals surface area contributed by atoms with Gasteiger partial charge in [-0.15, -0.1) is 0 Å². The Morgan fingerprint density at radius 3 is 2.59 bits per heavy atom. The normalized spacial score (nSPS) is 15.3. The van der Waals surface area contributed by atoms with Crippen LogP contribution in [0.15, 0.2) is 47.5 Å². The Kier molecular flexibility index (Phi) is 4.95. The first-order valence-corrected chi connectivity index (χ1v) is 10.9. The molecule has 0 unspecified atom stereocenters. The molecule has 0 bridgehead atoms. The van der Waals surface area contributed by atoms with Crippen LogP contribution in [0.4, 0.5) is 0 Å². The Morgan fingerprint density at radius 1 is 1.24 bits per heavy atom. The van der Waals surface area contributed by atoms with Crippen LogP contribution in [0.5, 0.6) is 0 Å². The first-order chi connectivity index (χ1) is 13.8. The highest BCUT2D eigenvalue weighted by Gasteiger charge is 2.27. The summed E-state index contributed by atoms with van der Waals surface area (Å²) < 4.78 is 28.4. The molecule has 148 valence electrons. The van der Waals surface area contributed by atoms with Gasteiger partial charge in [0.1, 0.15) is 6.07 Å². The van der Waals surface area contributed by atoms with Crippen LogP contribution >= 0.6 is 11.6 Å². The van der Waals surface area contributed by atoms with Gasteiger partial charge in [0.15, 0.2) is 5.65 Å². The minimum Gasteiger partial charge on any atom is -0.302 e. The summed E-state index contributed by atoms with van der Waals surface area (Å²) >= 11 is 6.41. The highest BCUT2D eigenvalue weighted by atomic mass is 35.5. The van der Waals surface area contributed by atoms with E-state index in [0.717, 1.165) is 24.2 Å². The van der Waals surface area contributed by atoms with Crippen molar-refractivity contribution >= 4 is 38.2 Å². The number of rotatable bonds is 3. The third-order valence-corrected chi connectivity index (χ3v) is 7.27. The molecule has 0 saturated heterocycles. The fourth-order valence-corrected chi connectivity index (χ4v) is 5.18. The van der Waals surface area contributed by atoms with E-state index in [0.29, 0.717) is 17.5 Å². The maximum atomic E-state index is 13.6. The molecule has 0 saturated carbocycles. The minimum atomic E-state index is -3.91. The molecule has 0 radical (unpaired) electrons. The van der Waals surface area contributed by atoms with Crippen LogP contribution in [0.25, 0.3) is 16.6 Å². The quantitative estimate of drug-likeness (QED) is 0.636. The summed E-state index contributed by atoms with van der Waals surface area (Å²) in [6.07, 6.45) is 4.05. The van der Waals surface area contributed by atoms with Crippen LogP contribution < -0.4 is 0 Å². The zero-order valence-corrected chi connectivity index (χ0v) is 17.6. The van der Waals surface area contributed by atoms with Crippen LogP contribution in [0.1, 0.15) is 23.2 Å². The molecule has 6 nitrogen and oxygen atoms in total. The van der Waals surface area contributed by atoms with Crippen molar-refractivity contribution in [3.8, 4) is 6.07 Å². The highest BCUT2D eigenvalue weighted by molar-refractivity contribution is 7.90. The number of hydrogen-bond acceptors (Lipinski definition) is 5. The van der Waals surface area contributed by atoms with Crippen molar-refractivity contribution in [2.24, 2.45) is 0 Å². The van der Waals surface area contributed by atoms with Gasteiger partial charge in [-0.2, -0.15) is 5.26 Å². The number of aromatic nitrogens is 2. The van der Waals surface area contributed by atoms with Crippen molar-refractivity contribution in [1.82, 2.24) is 13.9 Å². The molecule has 0 fully saturated rings. The number of fused-ring (bicyclic) bond motifs is 1. The van der Waals surface area contributed by atoms with E-state index in [2.05, 4.69) is 9.88 Å². The lowest BCUT2D eigenvalue weighted by Gasteiger charge is -2.22. The predicted octanol–water partition coefficient (Wildman–Crippen LogP) is 3.83. The Labute approximate surface area is 174 Å². The molecule has 3 aromatic rings. The molecule has 2 aromatic heterocycles. The summed E-state index contributed by atoms with van der Waals surface area (Å²) in [6, 6.07) is 10.4.